The molecule has 0 aliphatic carbocycles. The van der Waals surface area contributed by atoms with Gasteiger partial charge in [-0.2, -0.15) is 5.26 Å². The molecule has 3 nitrogen and oxygen atoms in total. The summed E-state index contributed by atoms with van der Waals surface area (Å²) < 4.78 is 0. The molecule has 0 aromatic heterocycles. The molecule has 0 aliphatic rings. The van der Waals surface area contributed by atoms with Crippen molar-refractivity contribution < 1.29 is 0 Å². The highest BCUT2D eigenvalue weighted by atomic mass is 15.2. The van der Waals surface area contributed by atoms with Crippen molar-refractivity contribution in [2.45, 2.75) is 25.3 Å². The van der Waals surface area contributed by atoms with Gasteiger partial charge in [0.05, 0.1) is 12.0 Å². The van der Waals surface area contributed by atoms with Crippen molar-refractivity contribution in [3.63, 3.8) is 0 Å². The van der Waals surface area contributed by atoms with Gasteiger partial charge in [-0.1, -0.05) is 90.0 Å². The number of nitriles is 1. The van der Waals surface area contributed by atoms with E-state index in [-0.39, 0.29) is 5.92 Å². The molecule has 0 fully saturated rings. The highest BCUT2D eigenvalue weighted by molar-refractivity contribution is 5.58. The van der Waals surface area contributed by atoms with E-state index in [2.05, 4.69) is 123 Å². The lowest BCUT2D eigenvalue weighted by Crippen LogP contribution is -2.47. The Labute approximate surface area is 193 Å². The Bertz CT molecular complexity index is 1090. The lowest BCUT2D eigenvalue weighted by atomic mass is 9.72. The van der Waals surface area contributed by atoms with Crippen LogP contribution in [0.5, 0.6) is 0 Å². The Kier molecular flexibility index (Phi) is 7.18. The maximum atomic E-state index is 10.8. The summed E-state index contributed by atoms with van der Waals surface area (Å²) in [7, 11) is 8.11. The average molecular weight is 424 g/mol. The van der Waals surface area contributed by atoms with E-state index in [1.807, 2.05) is 20.2 Å². The molecule has 2 atom stereocenters. The second kappa shape index (κ2) is 9.85. The number of hydrogen-bond acceptors (Lipinski definition) is 3. The first-order valence-electron chi connectivity index (χ1n) is 11.0. The normalized spacial score (nSPS) is 14.5. The topological polar surface area (TPSA) is 30.3 Å². The molecule has 0 bridgehead atoms. The van der Waals surface area contributed by atoms with Crippen molar-refractivity contribution in [3.05, 3.63) is 112 Å². The number of benzene rings is 3. The van der Waals surface area contributed by atoms with Crippen LogP contribution < -0.4 is 0 Å². The molecule has 3 aromatic carbocycles. The van der Waals surface area contributed by atoms with Crippen molar-refractivity contribution in [2.75, 3.05) is 28.2 Å². The molecule has 0 saturated carbocycles. The maximum absolute atomic E-state index is 10.8. The molecule has 3 aromatic rings. The minimum atomic E-state index is -0.893. The predicted octanol–water partition coefficient (Wildman–Crippen LogP) is 5.97. The molecule has 3 heteroatoms. The van der Waals surface area contributed by atoms with Crippen LogP contribution in [0.15, 0.2) is 84.6 Å². The van der Waals surface area contributed by atoms with Crippen molar-refractivity contribution in [2.24, 2.45) is 0 Å². The molecule has 0 saturated heterocycles. The van der Waals surface area contributed by atoms with Gasteiger partial charge in [0, 0.05) is 19.8 Å². The first-order valence-corrected chi connectivity index (χ1v) is 11.0. The third-order valence-electron chi connectivity index (χ3n) is 6.12. The number of hydrogen-bond donors (Lipinski definition) is 0. The van der Waals surface area contributed by atoms with Gasteiger partial charge in [0.15, 0.2) is 0 Å². The Morgan fingerprint density at radius 2 is 1.34 bits per heavy atom. The first kappa shape index (κ1) is 23.3. The van der Waals surface area contributed by atoms with Crippen LogP contribution in [0.25, 0.3) is 6.08 Å². The highest BCUT2D eigenvalue weighted by Crippen LogP contribution is 2.46. The molecular weight excluding hydrogens is 390 g/mol. The third-order valence-corrected chi connectivity index (χ3v) is 6.12. The van der Waals surface area contributed by atoms with Crippen LogP contribution in [-0.4, -0.2) is 38.0 Å². The van der Waals surface area contributed by atoms with Crippen LogP contribution in [0, 0.1) is 25.2 Å². The van der Waals surface area contributed by atoms with Crippen LogP contribution in [0.3, 0.4) is 0 Å². The second-order valence-corrected chi connectivity index (χ2v) is 8.86. The first-order chi connectivity index (χ1) is 15.3. The Morgan fingerprint density at radius 3 is 1.81 bits per heavy atom. The zero-order valence-electron chi connectivity index (χ0n) is 20.0. The standard InChI is InChI=1S/C29H33N3/c1-22-12-16-24(17-13-22)20-27(31(3)4)28(25-10-8-7-9-11-25)29(21-30,32(5)6)26-18-14-23(2)15-19-26/h7-20,28H,1-6H3/b27-20-. The van der Waals surface area contributed by atoms with E-state index in [0.717, 1.165) is 22.4 Å². The minimum absolute atomic E-state index is 0.206. The fourth-order valence-corrected chi connectivity index (χ4v) is 4.30. The zero-order valence-corrected chi connectivity index (χ0v) is 20.0. The van der Waals surface area contributed by atoms with E-state index < -0.39 is 5.54 Å². The van der Waals surface area contributed by atoms with Gasteiger partial charge in [-0.3, -0.25) is 4.90 Å². The molecule has 3 rings (SSSR count). The van der Waals surface area contributed by atoms with Crippen LogP contribution in [0.1, 0.15) is 33.7 Å². The maximum Gasteiger partial charge on any atom is 0.146 e. The quantitative estimate of drug-likeness (QED) is 0.469. The molecule has 0 radical (unpaired) electrons. The van der Waals surface area contributed by atoms with E-state index >= 15 is 0 Å². The molecule has 0 heterocycles. The van der Waals surface area contributed by atoms with E-state index in [9.17, 15) is 5.26 Å². The van der Waals surface area contributed by atoms with Crippen molar-refractivity contribution in [1.29, 1.82) is 5.26 Å². The lowest BCUT2D eigenvalue weighted by Gasteiger charge is -2.43. The molecule has 32 heavy (non-hydrogen) atoms. The van der Waals surface area contributed by atoms with E-state index in [1.165, 1.54) is 11.1 Å². The lowest BCUT2D eigenvalue weighted by molar-refractivity contribution is 0.179. The summed E-state index contributed by atoms with van der Waals surface area (Å²) in [6, 6.07) is 30.0. The van der Waals surface area contributed by atoms with Gasteiger partial charge in [-0.15, -0.1) is 0 Å². The summed E-state index contributed by atoms with van der Waals surface area (Å²) in [6.07, 6.45) is 2.21. The van der Waals surface area contributed by atoms with Gasteiger partial charge >= 0.3 is 0 Å². The second-order valence-electron chi connectivity index (χ2n) is 8.86. The minimum Gasteiger partial charge on any atom is -0.380 e. The highest BCUT2D eigenvalue weighted by Gasteiger charge is 2.46. The van der Waals surface area contributed by atoms with Crippen LogP contribution in [0.4, 0.5) is 0 Å². The fourth-order valence-electron chi connectivity index (χ4n) is 4.30. The Morgan fingerprint density at radius 1 is 0.812 bits per heavy atom. The van der Waals surface area contributed by atoms with Gasteiger partial charge in [0.25, 0.3) is 0 Å². The SMILES string of the molecule is Cc1ccc(/C=C(/C(c2ccccc2)C(C#N)(c2ccc(C)cc2)N(C)C)N(C)C)cc1. The molecule has 0 N–H and O–H groups in total. The monoisotopic (exact) mass is 423 g/mol. The van der Waals surface area contributed by atoms with Gasteiger partial charge in [0.2, 0.25) is 0 Å². The van der Waals surface area contributed by atoms with Crippen molar-refractivity contribution in [3.8, 4) is 6.07 Å². The van der Waals surface area contributed by atoms with E-state index in [4.69, 9.17) is 0 Å². The fraction of sp³-hybridized carbons (Fsp3) is 0.276. The zero-order chi connectivity index (χ0) is 23.3. The number of nitrogens with zero attached hydrogens (tertiary/aromatic N) is 3. The van der Waals surface area contributed by atoms with E-state index in [0.29, 0.717) is 0 Å². The molecule has 0 aliphatic heterocycles. The average Bonchev–Trinajstić information content (AvgIpc) is 2.78. The summed E-state index contributed by atoms with van der Waals surface area (Å²) >= 11 is 0. The van der Waals surface area contributed by atoms with Crippen LogP contribution >= 0.6 is 0 Å². The smallest absolute Gasteiger partial charge is 0.146 e. The Hall–Kier alpha value is -3.35. The van der Waals surface area contributed by atoms with Crippen molar-refractivity contribution in [1.82, 2.24) is 9.80 Å². The Balaban J connectivity index is 2.34. The number of rotatable bonds is 7. The summed E-state index contributed by atoms with van der Waals surface area (Å²) in [5.41, 5.74) is 5.81. The summed E-state index contributed by atoms with van der Waals surface area (Å²) in [5.74, 6) is -0.206. The molecule has 2 unspecified atom stereocenters. The van der Waals surface area contributed by atoms with Crippen LogP contribution in [-0.2, 0) is 5.54 Å². The van der Waals surface area contributed by atoms with Gasteiger partial charge in [-0.25, -0.2) is 0 Å². The summed E-state index contributed by atoms with van der Waals surface area (Å²) in [4.78, 5) is 4.20. The van der Waals surface area contributed by atoms with E-state index in [1.54, 1.807) is 0 Å². The van der Waals surface area contributed by atoms with Gasteiger partial charge < -0.3 is 4.90 Å². The largest absolute Gasteiger partial charge is 0.380 e. The third kappa shape index (κ3) is 4.61. The molecular formula is C29H33N3. The van der Waals surface area contributed by atoms with Gasteiger partial charge in [0.1, 0.15) is 5.54 Å². The molecule has 0 amide bonds. The number of aryl methyl sites for hydroxylation is 2. The van der Waals surface area contributed by atoms with Crippen molar-refractivity contribution >= 4 is 6.08 Å². The summed E-state index contributed by atoms with van der Waals surface area (Å²) in [6.45, 7) is 4.17. The molecule has 164 valence electrons. The van der Waals surface area contributed by atoms with Crippen LogP contribution in [0.2, 0.25) is 0 Å². The van der Waals surface area contributed by atoms with Gasteiger partial charge in [-0.05, 0) is 50.7 Å². The number of likely N-dealkylation sites (N-methyl/N-ethyl adjacent to an activating group) is 2. The summed E-state index contributed by atoms with van der Waals surface area (Å²) in [5, 5.41) is 10.8. The predicted molar refractivity (Wildman–Crippen MR) is 134 cm³/mol. The molecule has 0 spiro atoms.